The van der Waals surface area contributed by atoms with Crippen molar-refractivity contribution in [2.75, 3.05) is 12.3 Å². The third-order valence-electron chi connectivity index (χ3n) is 2.92. The lowest BCUT2D eigenvalue weighted by Gasteiger charge is -2.06. The number of nitrogens with zero attached hydrogens (tertiary/aromatic N) is 2. The molecule has 0 saturated heterocycles. The topological polar surface area (TPSA) is 76.0 Å². The van der Waals surface area contributed by atoms with Gasteiger partial charge in [-0.15, -0.1) is 13.2 Å². The molecule has 2 rings (SSSR count). The van der Waals surface area contributed by atoms with Gasteiger partial charge in [-0.2, -0.15) is 0 Å². The summed E-state index contributed by atoms with van der Waals surface area (Å²) in [6.45, 7) is 8.14. The molecule has 0 bridgehead atoms. The standard InChI is InChI=1S/C16H18N4O2S/c1-3-9-17-15(22)19-14(21)11-23-16-18-12-7-5-6-8-13(12)20(16)10-4-2/h3-8H,1-2,9-11H2,(H2,17,19,21,22). The number of benzene rings is 1. The number of thioether (sulfide) groups is 1. The number of imide groups is 1. The quantitative estimate of drug-likeness (QED) is 0.603. The smallest absolute Gasteiger partial charge is 0.321 e. The van der Waals surface area contributed by atoms with Gasteiger partial charge in [0.2, 0.25) is 5.91 Å². The summed E-state index contributed by atoms with van der Waals surface area (Å²) in [6.07, 6.45) is 3.32. The van der Waals surface area contributed by atoms with Crippen molar-refractivity contribution in [1.82, 2.24) is 20.2 Å². The Labute approximate surface area is 138 Å². The zero-order valence-electron chi connectivity index (χ0n) is 12.6. The van der Waals surface area contributed by atoms with Gasteiger partial charge >= 0.3 is 6.03 Å². The van der Waals surface area contributed by atoms with E-state index >= 15 is 0 Å². The molecule has 1 aromatic carbocycles. The summed E-state index contributed by atoms with van der Waals surface area (Å²) in [4.78, 5) is 27.7. The maximum absolute atomic E-state index is 11.8. The first-order valence-electron chi connectivity index (χ1n) is 7.03. The van der Waals surface area contributed by atoms with E-state index in [1.807, 2.05) is 28.8 Å². The third-order valence-corrected chi connectivity index (χ3v) is 3.90. The molecule has 1 heterocycles. The minimum absolute atomic E-state index is 0.0992. The van der Waals surface area contributed by atoms with E-state index < -0.39 is 6.03 Å². The molecule has 0 aliphatic carbocycles. The fraction of sp³-hybridized carbons (Fsp3) is 0.188. The van der Waals surface area contributed by atoms with Gasteiger partial charge in [0.25, 0.3) is 0 Å². The van der Waals surface area contributed by atoms with Crippen LogP contribution in [0.4, 0.5) is 4.79 Å². The van der Waals surface area contributed by atoms with Crippen LogP contribution in [-0.2, 0) is 11.3 Å². The number of fused-ring (bicyclic) bond motifs is 1. The SMILES string of the molecule is C=CCNC(=O)NC(=O)CSc1nc2ccccc2n1CC=C. The highest BCUT2D eigenvalue weighted by Crippen LogP contribution is 2.23. The third kappa shape index (κ3) is 4.46. The van der Waals surface area contributed by atoms with Crippen molar-refractivity contribution in [3.05, 3.63) is 49.6 Å². The Morgan fingerprint density at radius 1 is 1.26 bits per heavy atom. The summed E-state index contributed by atoms with van der Waals surface area (Å²) in [6, 6.07) is 7.21. The fourth-order valence-corrected chi connectivity index (χ4v) is 2.79. The van der Waals surface area contributed by atoms with Gasteiger partial charge in [0.15, 0.2) is 5.16 Å². The lowest BCUT2D eigenvalue weighted by atomic mass is 10.3. The van der Waals surface area contributed by atoms with Gasteiger partial charge in [0.05, 0.1) is 16.8 Å². The molecule has 0 fully saturated rings. The molecule has 0 aliphatic rings. The summed E-state index contributed by atoms with van der Waals surface area (Å²) in [7, 11) is 0. The molecule has 0 aliphatic heterocycles. The molecule has 0 unspecified atom stereocenters. The van der Waals surface area contributed by atoms with Gasteiger partial charge in [-0.25, -0.2) is 9.78 Å². The van der Waals surface area contributed by atoms with Crippen molar-refractivity contribution in [3.63, 3.8) is 0 Å². The highest BCUT2D eigenvalue weighted by atomic mass is 32.2. The summed E-state index contributed by atoms with van der Waals surface area (Å²) in [5.74, 6) is -0.282. The van der Waals surface area contributed by atoms with E-state index in [9.17, 15) is 9.59 Å². The Hall–Kier alpha value is -2.54. The van der Waals surface area contributed by atoms with Crippen LogP contribution in [0, 0.1) is 0 Å². The Balaban J connectivity index is 2.02. The van der Waals surface area contributed by atoms with Gasteiger partial charge in [-0.05, 0) is 12.1 Å². The number of hydrogen-bond donors (Lipinski definition) is 2. The number of amides is 3. The van der Waals surface area contributed by atoms with E-state index in [1.165, 1.54) is 17.8 Å². The molecule has 23 heavy (non-hydrogen) atoms. The first-order chi connectivity index (χ1) is 11.2. The number of para-hydroxylation sites is 2. The molecule has 6 nitrogen and oxygen atoms in total. The Morgan fingerprint density at radius 2 is 2.04 bits per heavy atom. The zero-order valence-corrected chi connectivity index (χ0v) is 13.4. The Kier molecular flexibility index (Phi) is 5.99. The van der Waals surface area contributed by atoms with Crippen molar-refractivity contribution in [2.45, 2.75) is 11.7 Å². The number of allylic oxidation sites excluding steroid dienone is 1. The van der Waals surface area contributed by atoms with Crippen molar-refractivity contribution < 1.29 is 9.59 Å². The van der Waals surface area contributed by atoms with Crippen LogP contribution < -0.4 is 10.6 Å². The molecule has 2 N–H and O–H groups in total. The number of carbonyl (C=O) groups excluding carboxylic acids is 2. The van der Waals surface area contributed by atoms with Gasteiger partial charge in [-0.3, -0.25) is 10.1 Å². The number of nitrogens with one attached hydrogen (secondary N) is 2. The molecule has 0 atom stereocenters. The molecule has 3 amide bonds. The van der Waals surface area contributed by atoms with Gasteiger partial charge in [0, 0.05) is 13.1 Å². The summed E-state index contributed by atoms with van der Waals surface area (Å²) in [5, 5.41) is 5.45. The normalized spacial score (nSPS) is 10.3. The van der Waals surface area contributed by atoms with Crippen LogP contribution in [0.15, 0.2) is 54.7 Å². The van der Waals surface area contributed by atoms with E-state index in [0.717, 1.165) is 11.0 Å². The van der Waals surface area contributed by atoms with Crippen LogP contribution in [0.1, 0.15) is 0 Å². The van der Waals surface area contributed by atoms with Crippen LogP contribution in [0.2, 0.25) is 0 Å². The van der Waals surface area contributed by atoms with Crippen LogP contribution in [0.3, 0.4) is 0 Å². The van der Waals surface area contributed by atoms with Crippen LogP contribution in [0.25, 0.3) is 11.0 Å². The molecule has 2 aromatic rings. The predicted molar refractivity (Wildman–Crippen MR) is 92.4 cm³/mol. The summed E-state index contributed by atoms with van der Waals surface area (Å²) in [5.41, 5.74) is 1.85. The number of hydrogen-bond acceptors (Lipinski definition) is 4. The summed E-state index contributed by atoms with van der Waals surface area (Å²) >= 11 is 1.28. The molecule has 7 heteroatoms. The first kappa shape index (κ1) is 16.8. The van der Waals surface area contributed by atoms with Gasteiger partial charge < -0.3 is 9.88 Å². The highest BCUT2D eigenvalue weighted by Gasteiger charge is 2.13. The van der Waals surface area contributed by atoms with E-state index in [2.05, 4.69) is 28.8 Å². The molecular weight excluding hydrogens is 312 g/mol. The molecule has 1 aromatic heterocycles. The fourth-order valence-electron chi connectivity index (χ4n) is 1.97. The van der Waals surface area contributed by atoms with Crippen LogP contribution in [-0.4, -0.2) is 33.8 Å². The lowest BCUT2D eigenvalue weighted by Crippen LogP contribution is -2.40. The van der Waals surface area contributed by atoms with Crippen molar-refractivity contribution in [1.29, 1.82) is 0 Å². The molecular formula is C16H18N4O2S. The Morgan fingerprint density at radius 3 is 2.78 bits per heavy atom. The molecule has 0 radical (unpaired) electrons. The van der Waals surface area contributed by atoms with Crippen molar-refractivity contribution in [3.8, 4) is 0 Å². The second kappa shape index (κ2) is 8.19. The van der Waals surface area contributed by atoms with Gasteiger partial charge in [0.1, 0.15) is 0 Å². The number of urea groups is 1. The lowest BCUT2D eigenvalue weighted by molar-refractivity contribution is -0.117. The van der Waals surface area contributed by atoms with Crippen LogP contribution in [0.5, 0.6) is 0 Å². The first-order valence-corrected chi connectivity index (χ1v) is 8.01. The van der Waals surface area contributed by atoms with E-state index in [-0.39, 0.29) is 11.7 Å². The van der Waals surface area contributed by atoms with E-state index in [0.29, 0.717) is 18.2 Å². The second-order valence-electron chi connectivity index (χ2n) is 4.62. The van der Waals surface area contributed by atoms with E-state index in [4.69, 9.17) is 0 Å². The monoisotopic (exact) mass is 330 g/mol. The zero-order chi connectivity index (χ0) is 16.7. The number of rotatable bonds is 7. The van der Waals surface area contributed by atoms with E-state index in [1.54, 1.807) is 6.08 Å². The molecule has 120 valence electrons. The van der Waals surface area contributed by atoms with Crippen molar-refractivity contribution >= 4 is 34.7 Å². The average Bonchev–Trinajstić information content (AvgIpc) is 2.89. The molecule has 0 saturated carbocycles. The van der Waals surface area contributed by atoms with Gasteiger partial charge in [-0.1, -0.05) is 36.0 Å². The van der Waals surface area contributed by atoms with Crippen LogP contribution >= 0.6 is 11.8 Å². The number of imidazole rings is 1. The summed E-state index contributed by atoms with van der Waals surface area (Å²) < 4.78 is 1.98. The molecule has 0 spiro atoms. The predicted octanol–water partition coefficient (Wildman–Crippen LogP) is 2.33. The van der Waals surface area contributed by atoms with Crippen molar-refractivity contribution in [2.24, 2.45) is 0 Å². The maximum Gasteiger partial charge on any atom is 0.321 e. The number of aromatic nitrogens is 2. The average molecular weight is 330 g/mol. The number of carbonyl (C=O) groups is 2. The highest BCUT2D eigenvalue weighted by molar-refractivity contribution is 7.99. The largest absolute Gasteiger partial charge is 0.334 e. The minimum Gasteiger partial charge on any atom is -0.334 e. The minimum atomic E-state index is -0.532. The Bertz CT molecular complexity index is 739. The maximum atomic E-state index is 11.8. The second-order valence-corrected chi connectivity index (χ2v) is 5.56.